The molecule has 1 aromatic carbocycles. The average molecular weight is 302 g/mol. The highest BCUT2D eigenvalue weighted by Gasteiger charge is 2.29. The van der Waals surface area contributed by atoms with Crippen molar-refractivity contribution in [3.8, 4) is 5.75 Å². The van der Waals surface area contributed by atoms with E-state index in [1.165, 1.54) is 12.1 Å². The van der Waals surface area contributed by atoms with Gasteiger partial charge in [0.05, 0.1) is 12.2 Å². The number of pyridine rings is 1. The standard InChI is InChI=1S/C14H11ClF3NO/c15-13-6-1-10(9-19-13)7-8-20-12-4-2-11(3-5-12)14(16,17)18/h1-6,9H,7-8H2. The van der Waals surface area contributed by atoms with Gasteiger partial charge in [0, 0.05) is 12.6 Å². The van der Waals surface area contributed by atoms with Crippen molar-refractivity contribution in [2.45, 2.75) is 12.6 Å². The quantitative estimate of drug-likeness (QED) is 0.782. The van der Waals surface area contributed by atoms with Crippen LogP contribution in [0.15, 0.2) is 42.6 Å². The maximum atomic E-state index is 12.4. The maximum Gasteiger partial charge on any atom is 0.416 e. The van der Waals surface area contributed by atoms with Crippen molar-refractivity contribution in [3.63, 3.8) is 0 Å². The summed E-state index contributed by atoms with van der Waals surface area (Å²) in [4.78, 5) is 3.93. The summed E-state index contributed by atoms with van der Waals surface area (Å²) >= 11 is 5.66. The minimum Gasteiger partial charge on any atom is -0.493 e. The van der Waals surface area contributed by atoms with Crippen LogP contribution in [-0.4, -0.2) is 11.6 Å². The molecule has 0 aliphatic carbocycles. The number of halogens is 4. The Hall–Kier alpha value is -1.75. The summed E-state index contributed by atoms with van der Waals surface area (Å²) in [5.41, 5.74) is 0.257. The molecule has 106 valence electrons. The molecule has 0 N–H and O–H groups in total. The Morgan fingerprint density at radius 3 is 2.30 bits per heavy atom. The fourth-order valence-corrected chi connectivity index (χ4v) is 1.69. The molecule has 2 rings (SSSR count). The zero-order chi connectivity index (χ0) is 14.6. The third-order valence-corrected chi connectivity index (χ3v) is 2.85. The van der Waals surface area contributed by atoms with Crippen LogP contribution in [0.5, 0.6) is 5.75 Å². The summed E-state index contributed by atoms with van der Waals surface area (Å²) in [6.45, 7) is 0.356. The first kappa shape index (κ1) is 14.7. The minimum atomic E-state index is -4.33. The second-order valence-corrected chi connectivity index (χ2v) is 4.50. The first-order valence-electron chi connectivity index (χ1n) is 5.85. The smallest absolute Gasteiger partial charge is 0.416 e. The molecule has 0 radical (unpaired) electrons. The van der Waals surface area contributed by atoms with Gasteiger partial charge in [-0.2, -0.15) is 13.2 Å². The van der Waals surface area contributed by atoms with Crippen molar-refractivity contribution in [1.82, 2.24) is 4.98 Å². The monoisotopic (exact) mass is 301 g/mol. The molecule has 0 bridgehead atoms. The van der Waals surface area contributed by atoms with E-state index >= 15 is 0 Å². The average Bonchev–Trinajstić information content (AvgIpc) is 2.41. The predicted molar refractivity (Wildman–Crippen MR) is 69.9 cm³/mol. The zero-order valence-corrected chi connectivity index (χ0v) is 11.1. The highest BCUT2D eigenvalue weighted by molar-refractivity contribution is 6.29. The van der Waals surface area contributed by atoms with Crippen molar-refractivity contribution >= 4 is 11.6 Å². The minimum absolute atomic E-state index is 0.356. The van der Waals surface area contributed by atoms with Gasteiger partial charge in [-0.15, -0.1) is 0 Å². The lowest BCUT2D eigenvalue weighted by Crippen LogP contribution is -2.05. The number of rotatable bonds is 4. The fraction of sp³-hybridized carbons (Fsp3) is 0.214. The van der Waals surface area contributed by atoms with Crippen LogP contribution in [0.1, 0.15) is 11.1 Å². The molecule has 0 saturated carbocycles. The Bertz CT molecular complexity index is 552. The van der Waals surface area contributed by atoms with Gasteiger partial charge >= 0.3 is 6.18 Å². The summed E-state index contributed by atoms with van der Waals surface area (Å²) < 4.78 is 42.5. The lowest BCUT2D eigenvalue weighted by Gasteiger charge is -2.09. The molecular weight excluding hydrogens is 291 g/mol. The number of hydrogen-bond acceptors (Lipinski definition) is 2. The van der Waals surface area contributed by atoms with Crippen molar-refractivity contribution in [3.05, 3.63) is 58.9 Å². The molecule has 0 spiro atoms. The fourth-order valence-electron chi connectivity index (χ4n) is 1.58. The number of aromatic nitrogens is 1. The van der Waals surface area contributed by atoms with Crippen molar-refractivity contribution in [1.29, 1.82) is 0 Å². The third-order valence-electron chi connectivity index (χ3n) is 2.63. The normalized spacial score (nSPS) is 11.4. The van der Waals surface area contributed by atoms with E-state index in [0.717, 1.165) is 17.7 Å². The van der Waals surface area contributed by atoms with Crippen LogP contribution in [0, 0.1) is 0 Å². The van der Waals surface area contributed by atoms with E-state index in [2.05, 4.69) is 4.98 Å². The molecule has 1 heterocycles. The second kappa shape index (κ2) is 6.13. The van der Waals surface area contributed by atoms with Crippen LogP contribution in [0.2, 0.25) is 5.15 Å². The lowest BCUT2D eigenvalue weighted by atomic mass is 10.2. The summed E-state index contributed by atoms with van der Waals surface area (Å²) in [5, 5.41) is 0.414. The maximum absolute atomic E-state index is 12.4. The molecule has 6 heteroatoms. The van der Waals surface area contributed by atoms with E-state index in [1.54, 1.807) is 12.3 Å². The molecule has 20 heavy (non-hydrogen) atoms. The van der Waals surface area contributed by atoms with E-state index in [4.69, 9.17) is 16.3 Å². The van der Waals surface area contributed by atoms with Gasteiger partial charge in [0.15, 0.2) is 0 Å². The van der Waals surface area contributed by atoms with Gasteiger partial charge in [-0.25, -0.2) is 4.98 Å². The van der Waals surface area contributed by atoms with Crippen LogP contribution < -0.4 is 4.74 Å². The topological polar surface area (TPSA) is 22.1 Å². The Morgan fingerprint density at radius 2 is 1.75 bits per heavy atom. The molecule has 2 aromatic rings. The Labute approximate surface area is 119 Å². The molecule has 2 nitrogen and oxygen atoms in total. The van der Waals surface area contributed by atoms with Gasteiger partial charge in [0.2, 0.25) is 0 Å². The molecule has 0 fully saturated rings. The largest absolute Gasteiger partial charge is 0.493 e. The van der Waals surface area contributed by atoms with E-state index in [-0.39, 0.29) is 0 Å². The summed E-state index contributed by atoms with van der Waals surface area (Å²) in [6, 6.07) is 8.12. The van der Waals surface area contributed by atoms with Crippen LogP contribution in [-0.2, 0) is 12.6 Å². The highest BCUT2D eigenvalue weighted by atomic mass is 35.5. The van der Waals surface area contributed by atoms with Crippen LogP contribution in [0.4, 0.5) is 13.2 Å². The van der Waals surface area contributed by atoms with E-state index in [0.29, 0.717) is 23.9 Å². The number of ether oxygens (including phenoxy) is 1. The molecule has 0 unspecified atom stereocenters. The molecule has 0 aliphatic heterocycles. The molecule has 0 atom stereocenters. The molecule has 1 aromatic heterocycles. The molecular formula is C14H11ClF3NO. The lowest BCUT2D eigenvalue weighted by molar-refractivity contribution is -0.137. The number of benzene rings is 1. The van der Waals surface area contributed by atoms with Crippen LogP contribution in [0.3, 0.4) is 0 Å². The van der Waals surface area contributed by atoms with Gasteiger partial charge in [-0.05, 0) is 35.9 Å². The van der Waals surface area contributed by atoms with Gasteiger partial charge in [-0.1, -0.05) is 17.7 Å². The Morgan fingerprint density at radius 1 is 1.05 bits per heavy atom. The van der Waals surface area contributed by atoms with Crippen molar-refractivity contribution < 1.29 is 17.9 Å². The number of alkyl halides is 3. The third kappa shape index (κ3) is 4.13. The zero-order valence-electron chi connectivity index (χ0n) is 10.3. The summed E-state index contributed by atoms with van der Waals surface area (Å²) in [6.07, 6.45) is -2.09. The summed E-state index contributed by atoms with van der Waals surface area (Å²) in [5.74, 6) is 0.403. The number of hydrogen-bond donors (Lipinski definition) is 0. The Balaban J connectivity index is 1.87. The summed E-state index contributed by atoms with van der Waals surface area (Å²) in [7, 11) is 0. The second-order valence-electron chi connectivity index (χ2n) is 4.11. The van der Waals surface area contributed by atoms with Gasteiger partial charge in [-0.3, -0.25) is 0 Å². The molecule has 0 amide bonds. The highest BCUT2D eigenvalue weighted by Crippen LogP contribution is 2.30. The van der Waals surface area contributed by atoms with Gasteiger partial charge in [0.1, 0.15) is 10.9 Å². The van der Waals surface area contributed by atoms with E-state index in [9.17, 15) is 13.2 Å². The van der Waals surface area contributed by atoms with E-state index < -0.39 is 11.7 Å². The molecule has 0 aliphatic rings. The van der Waals surface area contributed by atoms with Gasteiger partial charge in [0.25, 0.3) is 0 Å². The van der Waals surface area contributed by atoms with Crippen molar-refractivity contribution in [2.75, 3.05) is 6.61 Å². The van der Waals surface area contributed by atoms with Crippen LogP contribution in [0.25, 0.3) is 0 Å². The van der Waals surface area contributed by atoms with Gasteiger partial charge < -0.3 is 4.74 Å². The molecule has 0 saturated heterocycles. The SMILES string of the molecule is FC(F)(F)c1ccc(OCCc2ccc(Cl)nc2)cc1. The Kier molecular flexibility index (Phi) is 4.49. The van der Waals surface area contributed by atoms with E-state index in [1.807, 2.05) is 6.07 Å². The van der Waals surface area contributed by atoms with Crippen LogP contribution >= 0.6 is 11.6 Å². The number of nitrogens with zero attached hydrogens (tertiary/aromatic N) is 1. The van der Waals surface area contributed by atoms with Crippen molar-refractivity contribution in [2.24, 2.45) is 0 Å². The first-order chi connectivity index (χ1) is 9.45. The first-order valence-corrected chi connectivity index (χ1v) is 6.23. The predicted octanol–water partition coefficient (Wildman–Crippen LogP) is 4.38.